The van der Waals surface area contributed by atoms with Crippen molar-refractivity contribution < 1.29 is 5.11 Å². The van der Waals surface area contributed by atoms with Gasteiger partial charge in [0, 0.05) is 6.04 Å². The smallest absolute Gasteiger partial charge is 0.115 e. The van der Waals surface area contributed by atoms with Crippen LogP contribution in [0.15, 0.2) is 24.3 Å². The summed E-state index contributed by atoms with van der Waals surface area (Å²) in [7, 11) is 0. The van der Waals surface area contributed by atoms with Gasteiger partial charge in [0.05, 0.1) is 0 Å². The zero-order valence-corrected chi connectivity index (χ0v) is 8.55. The zero-order chi connectivity index (χ0) is 8.97. The van der Waals surface area contributed by atoms with Gasteiger partial charge in [-0.25, -0.2) is 0 Å². The van der Waals surface area contributed by atoms with Crippen LogP contribution in [0.1, 0.15) is 31.4 Å². The molecule has 0 heterocycles. The second-order valence-electron chi connectivity index (χ2n) is 2.99. The first-order valence-corrected chi connectivity index (χ1v) is 4.28. The van der Waals surface area contributed by atoms with E-state index in [2.05, 4.69) is 6.92 Å². The van der Waals surface area contributed by atoms with E-state index in [4.69, 9.17) is 5.73 Å². The lowest BCUT2D eigenvalue weighted by Gasteiger charge is -2.10. The molecular formula is C10H16ClNO. The minimum absolute atomic E-state index is 0. The van der Waals surface area contributed by atoms with E-state index in [0.717, 1.165) is 18.4 Å². The third kappa shape index (κ3) is 3.66. The van der Waals surface area contributed by atoms with Crippen LogP contribution in [0, 0.1) is 0 Å². The van der Waals surface area contributed by atoms with Crippen molar-refractivity contribution in [2.75, 3.05) is 0 Å². The van der Waals surface area contributed by atoms with Gasteiger partial charge in [0.2, 0.25) is 0 Å². The third-order valence-electron chi connectivity index (χ3n) is 1.90. The van der Waals surface area contributed by atoms with Crippen LogP contribution >= 0.6 is 12.4 Å². The van der Waals surface area contributed by atoms with Gasteiger partial charge >= 0.3 is 0 Å². The molecule has 1 aromatic carbocycles. The van der Waals surface area contributed by atoms with Crippen molar-refractivity contribution in [1.82, 2.24) is 0 Å². The Morgan fingerprint density at radius 1 is 1.46 bits per heavy atom. The Balaban J connectivity index is 0.00000144. The molecule has 0 aliphatic carbocycles. The van der Waals surface area contributed by atoms with Crippen LogP contribution in [0.25, 0.3) is 0 Å². The fourth-order valence-electron chi connectivity index (χ4n) is 1.23. The minimum atomic E-state index is 0. The van der Waals surface area contributed by atoms with Crippen LogP contribution in [-0.2, 0) is 0 Å². The van der Waals surface area contributed by atoms with E-state index >= 15 is 0 Å². The monoisotopic (exact) mass is 201 g/mol. The van der Waals surface area contributed by atoms with Crippen LogP contribution in [0.5, 0.6) is 5.75 Å². The molecule has 0 saturated carbocycles. The zero-order valence-electron chi connectivity index (χ0n) is 7.73. The fraction of sp³-hybridized carbons (Fsp3) is 0.400. The molecule has 1 atom stereocenters. The van der Waals surface area contributed by atoms with Gasteiger partial charge < -0.3 is 10.8 Å². The van der Waals surface area contributed by atoms with Crippen molar-refractivity contribution >= 4 is 12.4 Å². The van der Waals surface area contributed by atoms with Crippen molar-refractivity contribution in [3.8, 4) is 5.75 Å². The molecular weight excluding hydrogens is 186 g/mol. The topological polar surface area (TPSA) is 46.2 Å². The summed E-state index contributed by atoms with van der Waals surface area (Å²) in [4.78, 5) is 0. The Hall–Kier alpha value is -0.730. The van der Waals surface area contributed by atoms with E-state index in [1.807, 2.05) is 12.1 Å². The second-order valence-corrected chi connectivity index (χ2v) is 2.99. The van der Waals surface area contributed by atoms with Gasteiger partial charge in [0.25, 0.3) is 0 Å². The van der Waals surface area contributed by atoms with Gasteiger partial charge in [-0.2, -0.15) is 0 Å². The number of benzene rings is 1. The normalized spacial score (nSPS) is 11.8. The molecule has 0 fully saturated rings. The molecule has 0 aliphatic heterocycles. The average molecular weight is 202 g/mol. The number of aromatic hydroxyl groups is 1. The summed E-state index contributed by atoms with van der Waals surface area (Å²) >= 11 is 0. The van der Waals surface area contributed by atoms with Crippen LogP contribution in [0.4, 0.5) is 0 Å². The molecule has 1 aromatic rings. The summed E-state index contributed by atoms with van der Waals surface area (Å²) in [6.07, 6.45) is 2.03. The maximum absolute atomic E-state index is 9.17. The maximum atomic E-state index is 9.17. The maximum Gasteiger partial charge on any atom is 0.115 e. The summed E-state index contributed by atoms with van der Waals surface area (Å²) in [6, 6.07) is 7.20. The standard InChI is InChI=1S/C10H15NO.ClH/c1-2-4-10(11)8-5-3-6-9(12)7-8;/h3,5-7,10,12H,2,4,11H2,1H3;1H/t10-;/m0./s1. The van der Waals surface area contributed by atoms with E-state index < -0.39 is 0 Å². The third-order valence-corrected chi connectivity index (χ3v) is 1.90. The number of phenolic OH excluding ortho intramolecular Hbond substituents is 1. The molecule has 0 radical (unpaired) electrons. The van der Waals surface area contributed by atoms with Gasteiger partial charge in [0.1, 0.15) is 5.75 Å². The fourth-order valence-corrected chi connectivity index (χ4v) is 1.23. The van der Waals surface area contributed by atoms with Crippen molar-refractivity contribution in [2.45, 2.75) is 25.8 Å². The van der Waals surface area contributed by atoms with E-state index in [1.54, 1.807) is 12.1 Å². The predicted octanol–water partition coefficient (Wildman–Crippen LogP) is 2.61. The van der Waals surface area contributed by atoms with Gasteiger partial charge in [-0.05, 0) is 24.1 Å². The molecule has 0 bridgehead atoms. The summed E-state index contributed by atoms with van der Waals surface area (Å²) < 4.78 is 0. The highest BCUT2D eigenvalue weighted by molar-refractivity contribution is 5.85. The van der Waals surface area contributed by atoms with Gasteiger partial charge in [-0.3, -0.25) is 0 Å². The Labute approximate surface area is 85.2 Å². The summed E-state index contributed by atoms with van der Waals surface area (Å²) in [5.41, 5.74) is 6.87. The molecule has 13 heavy (non-hydrogen) atoms. The van der Waals surface area contributed by atoms with Crippen molar-refractivity contribution in [3.05, 3.63) is 29.8 Å². The molecule has 2 nitrogen and oxygen atoms in total. The lowest BCUT2D eigenvalue weighted by Crippen LogP contribution is -2.09. The number of rotatable bonds is 3. The predicted molar refractivity (Wildman–Crippen MR) is 57.2 cm³/mol. The number of hydrogen-bond acceptors (Lipinski definition) is 2. The molecule has 0 saturated heterocycles. The highest BCUT2D eigenvalue weighted by Gasteiger charge is 2.03. The van der Waals surface area contributed by atoms with Crippen molar-refractivity contribution in [1.29, 1.82) is 0 Å². The first-order valence-electron chi connectivity index (χ1n) is 4.28. The lowest BCUT2D eigenvalue weighted by atomic mass is 10.0. The summed E-state index contributed by atoms with van der Waals surface area (Å²) in [5.74, 6) is 0.291. The molecule has 0 aliphatic rings. The Morgan fingerprint density at radius 2 is 2.15 bits per heavy atom. The second kappa shape index (κ2) is 5.84. The molecule has 0 unspecified atom stereocenters. The highest BCUT2D eigenvalue weighted by atomic mass is 35.5. The average Bonchev–Trinajstić information content (AvgIpc) is 2.05. The van der Waals surface area contributed by atoms with Crippen LogP contribution in [0.3, 0.4) is 0 Å². The SMILES string of the molecule is CCC[C@H](N)c1cccc(O)c1.Cl. The number of phenols is 1. The summed E-state index contributed by atoms with van der Waals surface area (Å²) in [6.45, 7) is 2.10. The van der Waals surface area contributed by atoms with E-state index in [0.29, 0.717) is 5.75 Å². The van der Waals surface area contributed by atoms with Crippen LogP contribution < -0.4 is 5.73 Å². The Bertz CT molecular complexity index is 252. The molecule has 74 valence electrons. The van der Waals surface area contributed by atoms with E-state index in [-0.39, 0.29) is 18.4 Å². The minimum Gasteiger partial charge on any atom is -0.508 e. The molecule has 0 amide bonds. The quantitative estimate of drug-likeness (QED) is 0.790. The first kappa shape index (κ1) is 12.3. The molecule has 3 heteroatoms. The van der Waals surface area contributed by atoms with Crippen LogP contribution in [-0.4, -0.2) is 5.11 Å². The van der Waals surface area contributed by atoms with Gasteiger partial charge in [0.15, 0.2) is 0 Å². The molecule has 0 spiro atoms. The first-order chi connectivity index (χ1) is 5.74. The molecule has 1 rings (SSSR count). The van der Waals surface area contributed by atoms with Crippen LogP contribution in [0.2, 0.25) is 0 Å². The summed E-state index contributed by atoms with van der Waals surface area (Å²) in [5, 5.41) is 9.17. The number of halogens is 1. The van der Waals surface area contributed by atoms with Crippen molar-refractivity contribution in [2.24, 2.45) is 5.73 Å². The lowest BCUT2D eigenvalue weighted by molar-refractivity contribution is 0.473. The van der Waals surface area contributed by atoms with E-state index in [9.17, 15) is 5.11 Å². The highest BCUT2D eigenvalue weighted by Crippen LogP contribution is 2.19. The van der Waals surface area contributed by atoms with Crippen molar-refractivity contribution in [3.63, 3.8) is 0 Å². The van der Waals surface area contributed by atoms with E-state index in [1.165, 1.54) is 0 Å². The van der Waals surface area contributed by atoms with Gasteiger partial charge in [-0.1, -0.05) is 25.5 Å². The number of hydrogen-bond donors (Lipinski definition) is 2. The van der Waals surface area contributed by atoms with Gasteiger partial charge in [-0.15, -0.1) is 12.4 Å². The largest absolute Gasteiger partial charge is 0.508 e. The Morgan fingerprint density at radius 3 is 2.69 bits per heavy atom. The molecule has 0 aromatic heterocycles. The molecule has 3 N–H and O–H groups in total. The number of nitrogens with two attached hydrogens (primary N) is 1. The Kier molecular flexibility index (Phi) is 5.51.